The van der Waals surface area contributed by atoms with Gasteiger partial charge in [-0.2, -0.15) is 8.42 Å². The fourth-order valence-electron chi connectivity index (χ4n) is 22.3. The van der Waals surface area contributed by atoms with Gasteiger partial charge in [0.2, 0.25) is 0 Å². The minimum Gasteiger partial charge on any atom is -0.355 e. The average molecular weight is 2070 g/mol. The Hall–Kier alpha value is -13.6. The number of nitrogens with zero attached hydrogens (tertiary/aromatic N) is 6. The highest BCUT2D eigenvalue weighted by Crippen LogP contribution is 2.47. The van der Waals surface area contributed by atoms with Crippen molar-refractivity contribution in [2.24, 2.45) is 5.73 Å². The van der Waals surface area contributed by atoms with Crippen LogP contribution in [0.2, 0.25) is 0 Å². The lowest BCUT2D eigenvalue weighted by Crippen LogP contribution is -2.26. The van der Waals surface area contributed by atoms with E-state index in [0.29, 0.717) is 86.8 Å². The van der Waals surface area contributed by atoms with Gasteiger partial charge in [-0.05, 0) is 225 Å². The van der Waals surface area contributed by atoms with Crippen molar-refractivity contribution in [3.8, 4) is 0 Å². The Morgan fingerprint density at radius 1 is 0.367 bits per heavy atom. The molecule has 25 rings (SSSR count). The summed E-state index contributed by atoms with van der Waals surface area (Å²) in [5, 5.41) is 28.3. The Morgan fingerprint density at radius 3 is 0.905 bits per heavy atom. The van der Waals surface area contributed by atoms with Gasteiger partial charge in [-0.25, -0.2) is 0 Å². The van der Waals surface area contributed by atoms with Crippen molar-refractivity contribution in [3.63, 3.8) is 0 Å². The minimum atomic E-state index is -4.67. The van der Waals surface area contributed by atoms with Gasteiger partial charge in [0, 0.05) is 302 Å². The number of aryl methyl sites for hydroxylation is 9. The van der Waals surface area contributed by atoms with Crippen molar-refractivity contribution in [2.75, 3.05) is 30.2 Å². The number of fused-ring (bicyclic) bond motifs is 30. The number of H-pyrrole nitrogens is 1. The molecule has 6 aliphatic carbocycles. The maximum absolute atomic E-state index is 12.3. The molecule has 23 nitrogen and oxygen atoms in total. The lowest BCUT2D eigenvalue weighted by atomic mass is 9.98. The number of aromatic nitrogens is 6. The van der Waals surface area contributed by atoms with Gasteiger partial charge in [0.1, 0.15) is 0 Å². The number of nitrogens with one attached hydrogen (secondary N) is 2. The number of carbonyl (C=O) groups is 8. The normalized spacial score (nSPS) is 13.6. The molecule has 0 saturated carbocycles. The van der Waals surface area contributed by atoms with E-state index in [-0.39, 0.29) is 57.3 Å². The maximum atomic E-state index is 12.3. The highest BCUT2D eigenvalue weighted by Gasteiger charge is 2.34. The number of carbonyl (C=O) groups excluding carboxylic acids is 8. The predicted molar refractivity (Wildman–Crippen MR) is 595 cm³/mol. The number of rotatable bonds is 19. The topological polar surface area (TPSA) is 333 Å². The SMILES string of the molecule is CC(C)NCCn1c2ccc3c(c2c2c4c(ccc21)C(=O)CC4)CCC3=O.CCCn1c2ccc(C(=O)CCCl)cc2c2cc(C(=O)CCCl)ccc21.CCCn1c2ccc3c(c2c2c4c(ccc21)C(=O)CC4)CCC3=O.CCCn1c2ccccc2c2ccccc21.ClCCl.NCCn1c2ccc3c(c2c2c4c(ccc21)C(=O)CC4)CCC3=O.O=S(=O)(O)O.O=[N+]([O-])c1ccccc1.c1ccc2c(c1)[nH]c1ccccc12. The van der Waals surface area contributed by atoms with Crippen molar-refractivity contribution >= 4 is 240 Å². The molecular formula is C119H115Cl4N9O14S. The van der Waals surface area contributed by atoms with Gasteiger partial charge in [-0.15, -0.1) is 46.4 Å². The highest BCUT2D eigenvalue weighted by atomic mass is 35.5. The smallest absolute Gasteiger partial charge is 0.355 e. The van der Waals surface area contributed by atoms with Gasteiger partial charge in [0.05, 0.1) is 10.3 Å². The van der Waals surface area contributed by atoms with E-state index in [1.807, 2.05) is 72.8 Å². The third kappa shape index (κ3) is 21.4. The maximum Gasteiger partial charge on any atom is 0.394 e. The molecule has 0 radical (unpaired) electrons. The lowest BCUT2D eigenvalue weighted by Gasteiger charge is -2.11. The molecular weight excluding hydrogens is 1950 g/mol. The van der Waals surface area contributed by atoms with E-state index in [1.165, 1.54) is 139 Å². The first-order valence-electron chi connectivity index (χ1n) is 50.2. The molecule has 0 unspecified atom stereocenters. The molecule has 0 amide bonds. The van der Waals surface area contributed by atoms with Crippen LogP contribution in [0.3, 0.4) is 0 Å². The number of ketones is 8. The molecule has 754 valence electrons. The summed E-state index contributed by atoms with van der Waals surface area (Å²) >= 11 is 21.0. The molecule has 0 atom stereocenters. The van der Waals surface area contributed by atoms with Crippen LogP contribution in [0, 0.1) is 10.1 Å². The van der Waals surface area contributed by atoms with E-state index in [2.05, 4.69) is 201 Å². The van der Waals surface area contributed by atoms with Crippen LogP contribution in [0.15, 0.2) is 237 Å². The second kappa shape index (κ2) is 46.2. The monoisotopic (exact) mass is 2070 g/mol. The van der Waals surface area contributed by atoms with Crippen molar-refractivity contribution < 1.29 is 60.8 Å². The number of Topliss-reactive ketones (excluding diaryl/α,β-unsaturated/α-hetero) is 8. The van der Waals surface area contributed by atoms with Gasteiger partial charge >= 0.3 is 10.4 Å². The molecule has 6 aromatic heterocycles. The number of hydrogen-bond donors (Lipinski definition) is 5. The quantitative estimate of drug-likeness (QED) is 0.0165. The molecule has 6 aliphatic rings. The number of benzene rings is 13. The molecule has 0 bridgehead atoms. The van der Waals surface area contributed by atoms with E-state index in [1.54, 1.807) is 18.2 Å². The molecule has 6 heterocycles. The molecule has 28 heteroatoms. The third-order valence-electron chi connectivity index (χ3n) is 28.4. The largest absolute Gasteiger partial charge is 0.394 e. The van der Waals surface area contributed by atoms with Crippen LogP contribution in [0.5, 0.6) is 0 Å². The zero-order chi connectivity index (χ0) is 104. The fraction of sp³-hybridized carbons (Fsp3) is 0.277. The summed E-state index contributed by atoms with van der Waals surface area (Å²) in [6, 6.07) is 78.5. The van der Waals surface area contributed by atoms with E-state index >= 15 is 0 Å². The van der Waals surface area contributed by atoms with Crippen molar-refractivity contribution in [1.82, 2.24) is 33.1 Å². The summed E-state index contributed by atoms with van der Waals surface area (Å²) in [4.78, 5) is 111. The summed E-state index contributed by atoms with van der Waals surface area (Å²) in [6.07, 6.45) is 12.3. The summed E-state index contributed by atoms with van der Waals surface area (Å²) in [5.41, 5.74) is 34.0. The summed E-state index contributed by atoms with van der Waals surface area (Å²) in [5.74, 6) is 2.16. The number of halogens is 4. The molecule has 0 fully saturated rings. The fourth-order valence-corrected chi connectivity index (χ4v) is 22.7. The first-order chi connectivity index (χ1) is 71.1. The first-order valence-corrected chi connectivity index (χ1v) is 53.8. The number of non-ortho nitro benzene ring substituents is 1. The van der Waals surface area contributed by atoms with Crippen molar-refractivity contribution in [3.05, 3.63) is 325 Å². The number of alkyl halides is 4. The molecule has 13 aromatic carbocycles. The third-order valence-corrected chi connectivity index (χ3v) is 28.8. The van der Waals surface area contributed by atoms with Crippen LogP contribution in [0.1, 0.15) is 221 Å². The van der Waals surface area contributed by atoms with E-state index in [4.69, 9.17) is 69.7 Å². The highest BCUT2D eigenvalue weighted by molar-refractivity contribution is 7.79. The Labute approximate surface area is 870 Å². The van der Waals surface area contributed by atoms with Crippen molar-refractivity contribution in [2.45, 2.75) is 183 Å². The number of aromatic amines is 1. The number of nitrogens with two attached hydrogens (primary N) is 1. The van der Waals surface area contributed by atoms with Crippen LogP contribution in [-0.4, -0.2) is 133 Å². The van der Waals surface area contributed by atoms with Crippen LogP contribution >= 0.6 is 46.4 Å². The molecule has 0 aliphatic heterocycles. The molecule has 19 aromatic rings. The summed E-state index contributed by atoms with van der Waals surface area (Å²) in [6.45, 7) is 16.8. The summed E-state index contributed by atoms with van der Waals surface area (Å²) < 4.78 is 43.2. The van der Waals surface area contributed by atoms with Gasteiger partial charge in [-0.3, -0.25) is 57.6 Å². The van der Waals surface area contributed by atoms with Crippen molar-refractivity contribution in [1.29, 1.82) is 0 Å². The number of nitro groups is 1. The Kier molecular flexibility index (Phi) is 32.9. The van der Waals surface area contributed by atoms with E-state index in [9.17, 15) is 48.5 Å². The second-order valence-corrected chi connectivity index (χ2v) is 40.1. The molecule has 0 spiro atoms. The molecule has 0 saturated heterocycles. The molecule has 147 heavy (non-hydrogen) atoms. The Bertz CT molecular complexity index is 7960. The van der Waals surface area contributed by atoms with Gasteiger partial charge in [-0.1, -0.05) is 126 Å². The number of hydrogen-bond acceptors (Lipinski definition) is 14. The number of para-hydroxylation sites is 5. The minimum absolute atomic E-state index is 0.0349. The molecule has 6 N–H and O–H groups in total. The Morgan fingerprint density at radius 2 is 0.626 bits per heavy atom. The van der Waals surface area contributed by atoms with Crippen LogP contribution in [-0.2, 0) is 81.6 Å². The van der Waals surface area contributed by atoms with Crippen LogP contribution < -0.4 is 11.1 Å². The van der Waals surface area contributed by atoms with Gasteiger partial charge in [0.15, 0.2) is 46.3 Å². The van der Waals surface area contributed by atoms with E-state index < -0.39 is 15.3 Å². The second-order valence-electron chi connectivity index (χ2n) is 37.7. The average Bonchev–Trinajstić information content (AvgIpc) is 1.56. The lowest BCUT2D eigenvalue weighted by molar-refractivity contribution is -0.384. The Balaban J connectivity index is 0.000000118. The van der Waals surface area contributed by atoms with Crippen LogP contribution in [0.25, 0.3) is 131 Å². The predicted octanol–water partition coefficient (Wildman–Crippen LogP) is 27.2. The van der Waals surface area contributed by atoms with Gasteiger partial charge < -0.3 is 38.9 Å². The number of nitro benzene ring substituents is 1. The summed E-state index contributed by atoms with van der Waals surface area (Å²) in [7, 11) is -4.67. The van der Waals surface area contributed by atoms with Crippen LogP contribution in [0.4, 0.5) is 5.69 Å². The zero-order valence-electron chi connectivity index (χ0n) is 82.7. The first kappa shape index (κ1) is 105. The van der Waals surface area contributed by atoms with E-state index in [0.717, 1.165) is 168 Å². The zero-order valence-corrected chi connectivity index (χ0v) is 86.5. The standard InChI is InChI=1S/C23H24N2O2.C21H21Cl2NO2.C21H19NO2.C20H18N2O2.C15H15N.C12H9N.C6H5NO2.CH2Cl2.H2O4S/c1-13(2)24-11-12-25-18-7-3-14-16(5-9-20(14)26)22(18)23-17-6-10-21(27)15(17)4-8-19(23)25;1-2-11-24-18-5-3-14(20(25)7-9-22)12-16(18)17-13-15(4-6-19(17)24)21(26)8-10-23;1-2-11-22-16-7-3-12-14(5-9-18(12)23)20(16)21-15-6-10-19(24)13(15)4-8-17(21)22;21-9-10-22-15-5-1-11-13(3-7-17(11)23)19(15)20-14-4-8-18(24)12(14)2-6-16(20)22;1-2-11-16-14-9-5-3-7-12(14)13-8-4-6-10-15(13)16;1-3-7-11-9(5-1)10-6-2-4-8-12(10)13-11;8-7(9)6-4-2-1-3-5-6;2-1-3;1-5(2,3)4/h3-4,7-8,13,24H,5-6,9-12H2,1-2H3;3-6,12-13H,2,7-11H2,1H3;3-4,7-8H,2,5-6,9-11H2,1H3;1-2,5-6H,3-4,7-10,21H2;3-10H,2,11H2,1H3;1-8,13H;1-5H;1H2;(H2,1,2,3,4). The van der Waals surface area contributed by atoms with Gasteiger partial charge in [0.25, 0.3) is 5.69 Å².